The second-order valence-corrected chi connectivity index (χ2v) is 5.22. The third-order valence-corrected chi connectivity index (χ3v) is 3.73. The van der Waals surface area contributed by atoms with Crippen molar-refractivity contribution in [1.82, 2.24) is 4.90 Å². The van der Waals surface area contributed by atoms with E-state index in [4.69, 9.17) is 31.5 Å². The second-order valence-electron chi connectivity index (χ2n) is 4.81. The molecule has 1 unspecified atom stereocenters. The van der Waals surface area contributed by atoms with E-state index >= 15 is 0 Å². The van der Waals surface area contributed by atoms with Crippen molar-refractivity contribution >= 4 is 11.6 Å². The van der Waals surface area contributed by atoms with Crippen molar-refractivity contribution in [3.05, 3.63) is 22.7 Å². The lowest BCUT2D eigenvalue weighted by Crippen LogP contribution is -2.31. The first-order valence-electron chi connectivity index (χ1n) is 6.65. The van der Waals surface area contributed by atoms with Gasteiger partial charge in [0.1, 0.15) is 0 Å². The lowest BCUT2D eigenvalue weighted by atomic mass is 10.0. The van der Waals surface area contributed by atoms with E-state index in [9.17, 15) is 0 Å². The minimum atomic E-state index is 0.0962. The molecule has 0 aliphatic carbocycles. The van der Waals surface area contributed by atoms with Crippen LogP contribution in [0, 0.1) is 0 Å². The molecule has 0 fully saturated rings. The standard InChI is InChI=1S/C14H21ClN2O3/c1-17(4-3-5-18-2)12(8-16)10-6-11(15)14-13(7-10)19-9-20-14/h6-7,12H,3-5,8-9,16H2,1-2H3. The molecular formula is C14H21ClN2O3. The number of benzene rings is 1. The van der Waals surface area contributed by atoms with Crippen LogP contribution in [0.5, 0.6) is 11.5 Å². The van der Waals surface area contributed by atoms with Crippen molar-refractivity contribution in [2.24, 2.45) is 5.73 Å². The van der Waals surface area contributed by atoms with Crippen LogP contribution in [-0.2, 0) is 4.74 Å². The highest BCUT2D eigenvalue weighted by Gasteiger charge is 2.23. The summed E-state index contributed by atoms with van der Waals surface area (Å²) in [5.41, 5.74) is 6.96. The van der Waals surface area contributed by atoms with Gasteiger partial charge >= 0.3 is 0 Å². The summed E-state index contributed by atoms with van der Waals surface area (Å²) in [7, 11) is 3.75. The normalized spacial score (nSPS) is 14.8. The van der Waals surface area contributed by atoms with E-state index in [2.05, 4.69) is 4.90 Å². The Morgan fingerprint density at radius 3 is 2.95 bits per heavy atom. The van der Waals surface area contributed by atoms with Crippen molar-refractivity contribution < 1.29 is 14.2 Å². The monoisotopic (exact) mass is 300 g/mol. The summed E-state index contributed by atoms with van der Waals surface area (Å²) in [5, 5.41) is 0.568. The third-order valence-electron chi connectivity index (χ3n) is 3.45. The molecule has 112 valence electrons. The molecule has 2 rings (SSSR count). The highest BCUT2D eigenvalue weighted by atomic mass is 35.5. The van der Waals surface area contributed by atoms with Crippen molar-refractivity contribution in [3.8, 4) is 11.5 Å². The summed E-state index contributed by atoms with van der Waals surface area (Å²) in [6, 6.07) is 3.96. The summed E-state index contributed by atoms with van der Waals surface area (Å²) in [6.45, 7) is 2.38. The zero-order valence-electron chi connectivity index (χ0n) is 11.9. The van der Waals surface area contributed by atoms with Crippen LogP contribution in [0.4, 0.5) is 0 Å². The number of hydrogen-bond acceptors (Lipinski definition) is 5. The zero-order chi connectivity index (χ0) is 14.5. The van der Waals surface area contributed by atoms with Crippen LogP contribution in [0.15, 0.2) is 12.1 Å². The molecule has 0 radical (unpaired) electrons. The largest absolute Gasteiger partial charge is 0.454 e. The molecule has 0 aromatic heterocycles. The number of nitrogens with two attached hydrogens (primary N) is 1. The van der Waals surface area contributed by atoms with E-state index in [0.29, 0.717) is 23.1 Å². The van der Waals surface area contributed by atoms with E-state index < -0.39 is 0 Å². The Labute approximate surface area is 124 Å². The maximum Gasteiger partial charge on any atom is 0.231 e. The predicted molar refractivity (Wildman–Crippen MR) is 78.5 cm³/mol. The van der Waals surface area contributed by atoms with Gasteiger partial charge in [0.05, 0.1) is 5.02 Å². The average Bonchev–Trinajstić information content (AvgIpc) is 2.89. The number of hydrogen-bond donors (Lipinski definition) is 1. The summed E-state index contributed by atoms with van der Waals surface area (Å²) >= 11 is 6.22. The molecule has 0 saturated heterocycles. The first-order valence-corrected chi connectivity index (χ1v) is 7.03. The van der Waals surface area contributed by atoms with Gasteiger partial charge in [-0.3, -0.25) is 4.90 Å². The summed E-state index contributed by atoms with van der Waals surface area (Å²) in [4.78, 5) is 2.20. The van der Waals surface area contributed by atoms with Crippen LogP contribution in [-0.4, -0.2) is 45.5 Å². The molecule has 1 aromatic carbocycles. The fourth-order valence-corrected chi connectivity index (χ4v) is 2.64. The van der Waals surface area contributed by atoms with Gasteiger partial charge in [-0.25, -0.2) is 0 Å². The lowest BCUT2D eigenvalue weighted by Gasteiger charge is -2.27. The molecule has 1 atom stereocenters. The number of ether oxygens (including phenoxy) is 3. The Balaban J connectivity index is 2.13. The molecule has 1 aliphatic heterocycles. The number of methoxy groups -OCH3 is 1. The molecule has 1 aromatic rings. The topological polar surface area (TPSA) is 57.0 Å². The molecular weight excluding hydrogens is 280 g/mol. The van der Waals surface area contributed by atoms with Crippen molar-refractivity contribution in [2.45, 2.75) is 12.5 Å². The van der Waals surface area contributed by atoms with E-state index in [1.807, 2.05) is 19.2 Å². The zero-order valence-corrected chi connectivity index (χ0v) is 12.7. The maximum absolute atomic E-state index is 6.22. The van der Waals surface area contributed by atoms with Crippen LogP contribution < -0.4 is 15.2 Å². The number of fused-ring (bicyclic) bond motifs is 1. The molecule has 2 N–H and O–H groups in total. The van der Waals surface area contributed by atoms with E-state index in [0.717, 1.165) is 25.1 Å². The van der Waals surface area contributed by atoms with Crippen LogP contribution in [0.1, 0.15) is 18.0 Å². The van der Waals surface area contributed by atoms with Crippen LogP contribution in [0.3, 0.4) is 0 Å². The van der Waals surface area contributed by atoms with Gasteiger partial charge in [0.15, 0.2) is 11.5 Å². The smallest absolute Gasteiger partial charge is 0.231 e. The SMILES string of the molecule is COCCCN(C)C(CN)c1cc(Cl)c2c(c1)OCO2. The van der Waals surface area contributed by atoms with Gasteiger partial charge in [0.25, 0.3) is 0 Å². The Kier molecular flexibility index (Phi) is 5.48. The van der Waals surface area contributed by atoms with Crippen molar-refractivity contribution in [1.29, 1.82) is 0 Å². The summed E-state index contributed by atoms with van der Waals surface area (Å²) in [6.07, 6.45) is 0.960. The third kappa shape index (κ3) is 3.35. The minimum absolute atomic E-state index is 0.0962. The quantitative estimate of drug-likeness (QED) is 0.781. The Hall–Kier alpha value is -1.01. The Morgan fingerprint density at radius 1 is 1.45 bits per heavy atom. The molecule has 0 spiro atoms. The number of nitrogens with zero attached hydrogens (tertiary/aromatic N) is 1. The first-order chi connectivity index (χ1) is 9.67. The first kappa shape index (κ1) is 15.4. The molecule has 1 aliphatic rings. The summed E-state index contributed by atoms with van der Waals surface area (Å²) in [5.74, 6) is 1.31. The highest BCUT2D eigenvalue weighted by Crippen LogP contribution is 2.41. The van der Waals surface area contributed by atoms with Gasteiger partial charge in [0.2, 0.25) is 6.79 Å². The fraction of sp³-hybridized carbons (Fsp3) is 0.571. The molecule has 0 saturated carbocycles. The van der Waals surface area contributed by atoms with Gasteiger partial charge in [-0.1, -0.05) is 11.6 Å². The van der Waals surface area contributed by atoms with E-state index in [1.165, 1.54) is 0 Å². The van der Waals surface area contributed by atoms with E-state index in [1.54, 1.807) is 7.11 Å². The molecule has 20 heavy (non-hydrogen) atoms. The van der Waals surface area contributed by atoms with Crippen molar-refractivity contribution in [3.63, 3.8) is 0 Å². The van der Waals surface area contributed by atoms with Crippen LogP contribution in [0.25, 0.3) is 0 Å². The van der Waals surface area contributed by atoms with Gasteiger partial charge in [-0.15, -0.1) is 0 Å². The number of likely N-dealkylation sites (N-methyl/N-ethyl adjacent to an activating group) is 1. The van der Waals surface area contributed by atoms with Gasteiger partial charge in [-0.2, -0.15) is 0 Å². The van der Waals surface area contributed by atoms with Crippen LogP contribution >= 0.6 is 11.6 Å². The average molecular weight is 301 g/mol. The lowest BCUT2D eigenvalue weighted by molar-refractivity contribution is 0.166. The number of rotatable bonds is 7. The van der Waals surface area contributed by atoms with Gasteiger partial charge in [0, 0.05) is 32.8 Å². The minimum Gasteiger partial charge on any atom is -0.454 e. The number of halogens is 1. The van der Waals surface area contributed by atoms with Crippen LogP contribution in [0.2, 0.25) is 5.02 Å². The van der Waals surface area contributed by atoms with Crippen molar-refractivity contribution in [2.75, 3.05) is 40.6 Å². The van der Waals surface area contributed by atoms with Gasteiger partial charge in [-0.05, 0) is 31.2 Å². The second kappa shape index (κ2) is 7.13. The maximum atomic E-state index is 6.22. The molecule has 6 heteroatoms. The Morgan fingerprint density at radius 2 is 2.25 bits per heavy atom. The molecule has 5 nitrogen and oxygen atoms in total. The Bertz CT molecular complexity index is 456. The summed E-state index contributed by atoms with van der Waals surface area (Å²) < 4.78 is 15.8. The van der Waals surface area contributed by atoms with E-state index in [-0.39, 0.29) is 12.8 Å². The molecule has 0 amide bonds. The highest BCUT2D eigenvalue weighted by molar-refractivity contribution is 6.32. The predicted octanol–water partition coefficient (Wildman–Crippen LogP) is 2.04. The van der Waals surface area contributed by atoms with Gasteiger partial charge < -0.3 is 19.9 Å². The molecule has 0 bridgehead atoms. The molecule has 1 heterocycles. The fourth-order valence-electron chi connectivity index (χ4n) is 2.36.